The fourth-order valence-corrected chi connectivity index (χ4v) is 3.61. The zero-order chi connectivity index (χ0) is 17.2. The lowest BCUT2D eigenvalue weighted by Crippen LogP contribution is -2.22. The number of ether oxygens (including phenoxy) is 1. The minimum absolute atomic E-state index is 0.0459. The maximum absolute atomic E-state index is 12.6. The summed E-state index contributed by atoms with van der Waals surface area (Å²) in [5, 5.41) is 4.20. The van der Waals surface area contributed by atoms with E-state index < -0.39 is 0 Å². The zero-order valence-corrected chi connectivity index (χ0v) is 14.4. The highest BCUT2D eigenvalue weighted by Crippen LogP contribution is 2.29. The Morgan fingerprint density at radius 1 is 1.16 bits per heavy atom. The van der Waals surface area contributed by atoms with Gasteiger partial charge in [0.1, 0.15) is 5.75 Å². The second-order valence-corrected chi connectivity index (χ2v) is 6.58. The molecule has 4 heteroatoms. The van der Waals surface area contributed by atoms with Crippen LogP contribution in [0.3, 0.4) is 0 Å². The van der Waals surface area contributed by atoms with Crippen LogP contribution in [-0.2, 0) is 19.4 Å². The Bertz CT molecular complexity index is 927. The molecule has 3 aromatic rings. The number of hydrogen-bond donors (Lipinski definition) is 2. The number of benzene rings is 2. The van der Waals surface area contributed by atoms with Crippen LogP contribution in [0.1, 0.15) is 40.0 Å². The molecule has 4 rings (SSSR count). The SMILES string of the molecule is COc1cccc(CNC(=O)c2ccc3[nH]c4c(c3c2)CCCC4)c1. The Labute approximate surface area is 147 Å². The molecule has 1 aliphatic carbocycles. The summed E-state index contributed by atoms with van der Waals surface area (Å²) < 4.78 is 5.22. The molecule has 0 bridgehead atoms. The number of carbonyl (C=O) groups is 1. The summed E-state index contributed by atoms with van der Waals surface area (Å²) >= 11 is 0. The average Bonchev–Trinajstić information content (AvgIpc) is 3.04. The topological polar surface area (TPSA) is 54.1 Å². The highest BCUT2D eigenvalue weighted by atomic mass is 16.5. The number of methoxy groups -OCH3 is 1. The van der Waals surface area contributed by atoms with Crippen molar-refractivity contribution in [3.8, 4) is 5.75 Å². The van der Waals surface area contributed by atoms with E-state index in [1.165, 1.54) is 29.5 Å². The predicted molar refractivity (Wildman–Crippen MR) is 99.1 cm³/mol. The van der Waals surface area contributed by atoms with Gasteiger partial charge >= 0.3 is 0 Å². The first-order valence-electron chi connectivity index (χ1n) is 8.79. The van der Waals surface area contributed by atoms with E-state index in [-0.39, 0.29) is 5.91 Å². The molecule has 4 nitrogen and oxygen atoms in total. The Balaban J connectivity index is 1.53. The number of amides is 1. The summed E-state index contributed by atoms with van der Waals surface area (Å²) in [6.07, 6.45) is 4.69. The van der Waals surface area contributed by atoms with Gasteiger partial charge in [0.2, 0.25) is 0 Å². The van der Waals surface area contributed by atoms with Gasteiger partial charge in [0.25, 0.3) is 5.91 Å². The lowest BCUT2D eigenvalue weighted by molar-refractivity contribution is 0.0951. The Morgan fingerprint density at radius 2 is 2.04 bits per heavy atom. The van der Waals surface area contributed by atoms with E-state index in [4.69, 9.17) is 4.74 Å². The minimum Gasteiger partial charge on any atom is -0.497 e. The largest absolute Gasteiger partial charge is 0.497 e. The van der Waals surface area contributed by atoms with Crippen molar-refractivity contribution in [3.05, 3.63) is 64.8 Å². The van der Waals surface area contributed by atoms with E-state index in [9.17, 15) is 4.79 Å². The van der Waals surface area contributed by atoms with Gasteiger partial charge in [-0.1, -0.05) is 12.1 Å². The van der Waals surface area contributed by atoms with Crippen molar-refractivity contribution in [3.63, 3.8) is 0 Å². The number of fused-ring (bicyclic) bond motifs is 3. The molecular weight excluding hydrogens is 312 g/mol. The van der Waals surface area contributed by atoms with Gasteiger partial charge in [-0.15, -0.1) is 0 Å². The maximum atomic E-state index is 12.6. The first kappa shape index (κ1) is 15.8. The van der Waals surface area contributed by atoms with E-state index in [2.05, 4.69) is 10.3 Å². The lowest BCUT2D eigenvalue weighted by atomic mass is 9.95. The Morgan fingerprint density at radius 3 is 2.92 bits per heavy atom. The van der Waals surface area contributed by atoms with Crippen LogP contribution in [0, 0.1) is 0 Å². The van der Waals surface area contributed by atoms with Crippen molar-refractivity contribution in [2.75, 3.05) is 7.11 Å². The molecule has 0 fully saturated rings. The fraction of sp³-hybridized carbons (Fsp3) is 0.286. The van der Waals surface area contributed by atoms with Crippen molar-refractivity contribution >= 4 is 16.8 Å². The fourth-order valence-electron chi connectivity index (χ4n) is 3.61. The summed E-state index contributed by atoms with van der Waals surface area (Å²) in [5.41, 5.74) is 5.60. The van der Waals surface area contributed by atoms with Crippen LogP contribution in [-0.4, -0.2) is 18.0 Å². The molecule has 0 aliphatic heterocycles. The lowest BCUT2D eigenvalue weighted by Gasteiger charge is -2.11. The summed E-state index contributed by atoms with van der Waals surface area (Å²) in [4.78, 5) is 16.1. The van der Waals surface area contributed by atoms with Crippen LogP contribution in [0.5, 0.6) is 5.75 Å². The Kier molecular flexibility index (Phi) is 4.18. The van der Waals surface area contributed by atoms with Crippen molar-refractivity contribution in [2.24, 2.45) is 0 Å². The molecule has 0 unspecified atom stereocenters. The van der Waals surface area contributed by atoms with Gasteiger partial charge in [-0.05, 0) is 67.1 Å². The first-order valence-corrected chi connectivity index (χ1v) is 8.79. The molecule has 128 valence electrons. The predicted octanol–water partition coefficient (Wildman–Crippen LogP) is 3.99. The number of carbonyl (C=O) groups excluding carboxylic acids is 1. The third kappa shape index (κ3) is 3.12. The number of rotatable bonds is 4. The van der Waals surface area contributed by atoms with Gasteiger partial charge in [-0.3, -0.25) is 4.79 Å². The highest BCUT2D eigenvalue weighted by Gasteiger charge is 2.16. The quantitative estimate of drug-likeness (QED) is 0.758. The second-order valence-electron chi connectivity index (χ2n) is 6.58. The van der Waals surface area contributed by atoms with Crippen LogP contribution < -0.4 is 10.1 Å². The maximum Gasteiger partial charge on any atom is 0.251 e. The molecule has 1 heterocycles. The zero-order valence-electron chi connectivity index (χ0n) is 14.4. The number of aryl methyl sites for hydroxylation is 2. The smallest absolute Gasteiger partial charge is 0.251 e. The molecule has 2 aromatic carbocycles. The van der Waals surface area contributed by atoms with Gasteiger partial charge in [0, 0.05) is 28.7 Å². The number of nitrogens with one attached hydrogen (secondary N) is 2. The van der Waals surface area contributed by atoms with Crippen LogP contribution in [0.2, 0.25) is 0 Å². The van der Waals surface area contributed by atoms with Gasteiger partial charge < -0.3 is 15.0 Å². The van der Waals surface area contributed by atoms with Gasteiger partial charge in [0.15, 0.2) is 0 Å². The molecule has 0 radical (unpaired) electrons. The molecule has 0 saturated heterocycles. The van der Waals surface area contributed by atoms with Crippen molar-refractivity contribution < 1.29 is 9.53 Å². The van der Waals surface area contributed by atoms with E-state index in [0.29, 0.717) is 12.1 Å². The summed E-state index contributed by atoms with van der Waals surface area (Å²) in [5.74, 6) is 0.752. The van der Waals surface area contributed by atoms with E-state index >= 15 is 0 Å². The number of H-pyrrole nitrogens is 1. The summed E-state index contributed by atoms with van der Waals surface area (Å²) in [6, 6.07) is 13.7. The van der Waals surface area contributed by atoms with Gasteiger partial charge in [-0.2, -0.15) is 0 Å². The van der Waals surface area contributed by atoms with Gasteiger partial charge in [0.05, 0.1) is 7.11 Å². The molecule has 25 heavy (non-hydrogen) atoms. The number of aromatic amines is 1. The van der Waals surface area contributed by atoms with Crippen LogP contribution in [0.4, 0.5) is 0 Å². The number of hydrogen-bond acceptors (Lipinski definition) is 2. The highest BCUT2D eigenvalue weighted by molar-refractivity contribution is 5.99. The third-order valence-electron chi connectivity index (χ3n) is 4.95. The average molecular weight is 334 g/mol. The molecule has 1 amide bonds. The third-order valence-corrected chi connectivity index (χ3v) is 4.95. The molecule has 0 spiro atoms. The monoisotopic (exact) mass is 334 g/mol. The van der Waals surface area contributed by atoms with Crippen molar-refractivity contribution in [2.45, 2.75) is 32.2 Å². The standard InChI is InChI=1S/C21H22N2O2/c1-25-16-6-4-5-14(11-16)13-22-21(24)15-9-10-20-18(12-15)17-7-2-3-8-19(17)23-20/h4-6,9-12,23H,2-3,7-8,13H2,1H3,(H,22,24). The molecule has 1 aromatic heterocycles. The molecule has 0 saturated carbocycles. The van der Waals surface area contributed by atoms with Gasteiger partial charge in [-0.25, -0.2) is 0 Å². The van der Waals surface area contributed by atoms with Crippen molar-refractivity contribution in [1.29, 1.82) is 0 Å². The minimum atomic E-state index is -0.0459. The summed E-state index contributed by atoms with van der Waals surface area (Å²) in [7, 11) is 1.64. The van der Waals surface area contributed by atoms with Crippen LogP contribution in [0.15, 0.2) is 42.5 Å². The first-order chi connectivity index (χ1) is 12.2. The van der Waals surface area contributed by atoms with E-state index in [1.54, 1.807) is 7.11 Å². The van der Waals surface area contributed by atoms with Crippen molar-refractivity contribution in [1.82, 2.24) is 10.3 Å². The molecule has 0 atom stereocenters. The molecular formula is C21H22N2O2. The van der Waals surface area contributed by atoms with E-state index in [1.807, 2.05) is 42.5 Å². The summed E-state index contributed by atoms with van der Waals surface area (Å²) in [6.45, 7) is 0.485. The van der Waals surface area contributed by atoms with Crippen LogP contribution >= 0.6 is 0 Å². The van der Waals surface area contributed by atoms with Crippen LogP contribution in [0.25, 0.3) is 10.9 Å². The molecule has 1 aliphatic rings. The van der Waals surface area contributed by atoms with E-state index in [0.717, 1.165) is 29.7 Å². The number of aromatic nitrogens is 1. The molecule has 2 N–H and O–H groups in total. The second kappa shape index (κ2) is 6.63. The normalized spacial score (nSPS) is 13.5. The Hall–Kier alpha value is -2.75.